The van der Waals surface area contributed by atoms with E-state index in [4.69, 9.17) is 5.11 Å². The Kier molecular flexibility index (Phi) is 3.94. The molecule has 0 aromatic heterocycles. The van der Waals surface area contributed by atoms with Gasteiger partial charge in [0.15, 0.2) is 0 Å². The molecule has 0 radical (unpaired) electrons. The third kappa shape index (κ3) is 2.74. The highest BCUT2D eigenvalue weighted by molar-refractivity contribution is 5.85. The maximum Gasteiger partial charge on any atom is 0.326 e. The predicted octanol–water partition coefficient (Wildman–Crippen LogP) is 1.79. The number of carboxylic acids is 1. The Balaban J connectivity index is 2.61. The molecule has 1 rings (SSSR count). The molecule has 4 nitrogen and oxygen atoms in total. The van der Waals surface area contributed by atoms with Crippen molar-refractivity contribution in [1.29, 1.82) is 0 Å². The number of aliphatic carboxylic acids is 1. The van der Waals surface area contributed by atoms with Gasteiger partial charge >= 0.3 is 5.97 Å². The Hall–Kier alpha value is -1.06. The highest BCUT2D eigenvalue weighted by atomic mass is 16.4. The van der Waals surface area contributed by atoms with Gasteiger partial charge in [0, 0.05) is 5.92 Å². The Bertz CT molecular complexity index is 286. The van der Waals surface area contributed by atoms with Crippen molar-refractivity contribution in [2.45, 2.75) is 52.5 Å². The quantitative estimate of drug-likeness (QED) is 0.769. The summed E-state index contributed by atoms with van der Waals surface area (Å²) in [5, 5.41) is 11.5. The molecule has 1 aliphatic carbocycles. The van der Waals surface area contributed by atoms with Crippen molar-refractivity contribution in [1.82, 2.24) is 5.32 Å². The lowest BCUT2D eigenvalue weighted by Crippen LogP contribution is -2.45. The smallest absolute Gasteiger partial charge is 0.326 e. The maximum atomic E-state index is 12.0. The number of amides is 1. The summed E-state index contributed by atoms with van der Waals surface area (Å²) in [7, 11) is 0. The monoisotopic (exact) mass is 227 g/mol. The molecule has 0 spiro atoms. The zero-order valence-corrected chi connectivity index (χ0v) is 10.2. The average molecular weight is 227 g/mol. The number of hydrogen-bond acceptors (Lipinski definition) is 2. The first-order valence-electron chi connectivity index (χ1n) is 5.91. The van der Waals surface area contributed by atoms with Crippen LogP contribution in [0.4, 0.5) is 0 Å². The molecule has 0 aromatic carbocycles. The van der Waals surface area contributed by atoms with Crippen LogP contribution in [0.3, 0.4) is 0 Å². The van der Waals surface area contributed by atoms with Crippen molar-refractivity contribution >= 4 is 11.9 Å². The van der Waals surface area contributed by atoms with Gasteiger partial charge in [-0.3, -0.25) is 4.79 Å². The van der Waals surface area contributed by atoms with E-state index in [2.05, 4.69) is 19.2 Å². The Morgan fingerprint density at radius 1 is 1.50 bits per heavy atom. The lowest BCUT2D eigenvalue weighted by molar-refractivity contribution is -0.143. The highest BCUT2D eigenvalue weighted by Gasteiger charge is 2.40. The summed E-state index contributed by atoms with van der Waals surface area (Å²) in [4.78, 5) is 22.8. The van der Waals surface area contributed by atoms with Crippen molar-refractivity contribution in [3.8, 4) is 0 Å². The molecule has 4 heteroatoms. The van der Waals surface area contributed by atoms with Crippen LogP contribution in [0.1, 0.15) is 46.5 Å². The molecule has 2 atom stereocenters. The minimum absolute atomic E-state index is 0.000871. The van der Waals surface area contributed by atoms with E-state index in [9.17, 15) is 9.59 Å². The zero-order chi connectivity index (χ0) is 12.3. The third-order valence-electron chi connectivity index (χ3n) is 3.60. The van der Waals surface area contributed by atoms with Gasteiger partial charge in [0.2, 0.25) is 5.91 Å². The van der Waals surface area contributed by atoms with Crippen LogP contribution in [-0.4, -0.2) is 23.0 Å². The fourth-order valence-corrected chi connectivity index (χ4v) is 2.42. The molecular weight excluding hydrogens is 206 g/mol. The van der Waals surface area contributed by atoms with Gasteiger partial charge in [0.25, 0.3) is 0 Å². The van der Waals surface area contributed by atoms with Gasteiger partial charge in [-0.05, 0) is 24.7 Å². The van der Waals surface area contributed by atoms with Crippen LogP contribution in [0, 0.1) is 11.3 Å². The summed E-state index contributed by atoms with van der Waals surface area (Å²) in [6, 6.07) is -0.746. The zero-order valence-electron chi connectivity index (χ0n) is 10.2. The molecule has 1 aliphatic rings. The van der Waals surface area contributed by atoms with E-state index in [1.807, 2.05) is 0 Å². The third-order valence-corrected chi connectivity index (χ3v) is 3.60. The fraction of sp³-hybridized carbons (Fsp3) is 0.833. The molecule has 1 amide bonds. The molecule has 92 valence electrons. The van der Waals surface area contributed by atoms with Crippen LogP contribution in [0.15, 0.2) is 0 Å². The second-order valence-electron chi connectivity index (χ2n) is 5.24. The van der Waals surface area contributed by atoms with Gasteiger partial charge in [0.05, 0.1) is 0 Å². The van der Waals surface area contributed by atoms with Crippen molar-refractivity contribution < 1.29 is 14.7 Å². The molecular formula is C12H21NO3. The van der Waals surface area contributed by atoms with Gasteiger partial charge in [-0.1, -0.05) is 27.2 Å². The maximum absolute atomic E-state index is 12.0. The van der Waals surface area contributed by atoms with Crippen LogP contribution >= 0.6 is 0 Å². The lowest BCUT2D eigenvalue weighted by Gasteiger charge is -2.27. The second kappa shape index (κ2) is 4.85. The first kappa shape index (κ1) is 13.0. The molecule has 0 saturated heterocycles. The number of carbonyl (C=O) groups is 2. The van der Waals surface area contributed by atoms with E-state index in [1.54, 1.807) is 6.92 Å². The SMILES string of the molecule is CCC(NC(=O)C1CCCC1(C)C)C(=O)O. The second-order valence-corrected chi connectivity index (χ2v) is 5.24. The average Bonchev–Trinajstić information content (AvgIpc) is 2.53. The van der Waals surface area contributed by atoms with Crippen molar-refractivity contribution in [2.75, 3.05) is 0 Å². The van der Waals surface area contributed by atoms with Gasteiger partial charge < -0.3 is 10.4 Å². The molecule has 1 saturated carbocycles. The van der Waals surface area contributed by atoms with Gasteiger partial charge in [-0.2, -0.15) is 0 Å². The Morgan fingerprint density at radius 2 is 2.12 bits per heavy atom. The van der Waals surface area contributed by atoms with E-state index in [0.29, 0.717) is 6.42 Å². The van der Waals surface area contributed by atoms with E-state index >= 15 is 0 Å². The number of hydrogen-bond donors (Lipinski definition) is 2. The van der Waals surface area contributed by atoms with E-state index in [-0.39, 0.29) is 17.2 Å². The standard InChI is InChI=1S/C12H21NO3/c1-4-9(11(15)16)13-10(14)8-6-5-7-12(8,2)3/h8-9H,4-7H2,1-3H3,(H,13,14)(H,15,16). The predicted molar refractivity (Wildman–Crippen MR) is 61.0 cm³/mol. The van der Waals surface area contributed by atoms with E-state index in [0.717, 1.165) is 19.3 Å². The summed E-state index contributed by atoms with van der Waals surface area (Å²) in [6.07, 6.45) is 3.38. The van der Waals surface area contributed by atoms with Crippen LogP contribution in [0.5, 0.6) is 0 Å². The van der Waals surface area contributed by atoms with Crippen LogP contribution in [0.2, 0.25) is 0 Å². The van der Waals surface area contributed by atoms with E-state index in [1.165, 1.54) is 0 Å². The van der Waals surface area contributed by atoms with Crippen molar-refractivity contribution in [2.24, 2.45) is 11.3 Å². The number of nitrogens with one attached hydrogen (secondary N) is 1. The largest absolute Gasteiger partial charge is 0.480 e. The van der Waals surface area contributed by atoms with Crippen LogP contribution in [-0.2, 0) is 9.59 Å². The summed E-state index contributed by atoms with van der Waals surface area (Å²) >= 11 is 0. The Labute approximate surface area is 96.4 Å². The first-order valence-corrected chi connectivity index (χ1v) is 5.91. The Morgan fingerprint density at radius 3 is 2.50 bits per heavy atom. The molecule has 2 unspecified atom stereocenters. The van der Waals surface area contributed by atoms with Crippen molar-refractivity contribution in [3.63, 3.8) is 0 Å². The van der Waals surface area contributed by atoms with Crippen molar-refractivity contribution in [3.05, 3.63) is 0 Å². The molecule has 16 heavy (non-hydrogen) atoms. The van der Waals surface area contributed by atoms with Crippen LogP contribution < -0.4 is 5.32 Å². The van der Waals surface area contributed by atoms with Gasteiger partial charge in [-0.15, -0.1) is 0 Å². The van der Waals surface area contributed by atoms with Gasteiger partial charge in [0.1, 0.15) is 6.04 Å². The fourth-order valence-electron chi connectivity index (χ4n) is 2.42. The molecule has 0 aromatic rings. The number of carboxylic acid groups (broad SMARTS) is 1. The topological polar surface area (TPSA) is 66.4 Å². The molecule has 2 N–H and O–H groups in total. The molecule has 1 fully saturated rings. The highest BCUT2D eigenvalue weighted by Crippen LogP contribution is 2.42. The molecule has 0 heterocycles. The van der Waals surface area contributed by atoms with Crippen LogP contribution in [0.25, 0.3) is 0 Å². The molecule has 0 bridgehead atoms. The summed E-state index contributed by atoms with van der Waals surface area (Å²) < 4.78 is 0. The van der Waals surface area contributed by atoms with E-state index < -0.39 is 12.0 Å². The minimum Gasteiger partial charge on any atom is -0.480 e. The lowest BCUT2D eigenvalue weighted by atomic mass is 9.81. The first-order chi connectivity index (χ1) is 7.38. The normalized spacial score (nSPS) is 25.1. The number of rotatable bonds is 4. The minimum atomic E-state index is -0.952. The summed E-state index contributed by atoms with van der Waals surface area (Å²) in [6.45, 7) is 5.91. The summed E-state index contributed by atoms with van der Waals surface area (Å²) in [5.41, 5.74) is 0.000871. The number of carbonyl (C=O) groups excluding carboxylic acids is 1. The van der Waals surface area contributed by atoms with Gasteiger partial charge in [-0.25, -0.2) is 4.79 Å². The summed E-state index contributed by atoms with van der Waals surface area (Å²) in [5.74, 6) is -1.09. The molecule has 0 aliphatic heterocycles.